The number of hydrogen-bond acceptors (Lipinski definition) is 4. The summed E-state index contributed by atoms with van der Waals surface area (Å²) in [6, 6.07) is 28.8. The molecule has 6 heteroatoms. The molecule has 37 heavy (non-hydrogen) atoms. The topological polar surface area (TPSA) is 55.8 Å². The molecule has 2 amide bonds. The average molecular weight is 516 g/mol. The van der Waals surface area contributed by atoms with Crippen molar-refractivity contribution in [3.63, 3.8) is 0 Å². The zero-order valence-corrected chi connectivity index (χ0v) is 23.4. The molecule has 1 atom stereocenters. The van der Waals surface area contributed by atoms with Crippen LogP contribution in [0.25, 0.3) is 0 Å². The van der Waals surface area contributed by atoms with Gasteiger partial charge in [-0.1, -0.05) is 120 Å². The molecule has 0 saturated carbocycles. The molecule has 0 bridgehead atoms. The van der Waals surface area contributed by atoms with Crippen LogP contribution < -0.4 is 10.4 Å². The van der Waals surface area contributed by atoms with Crippen molar-refractivity contribution in [2.24, 2.45) is 5.92 Å². The maximum absolute atomic E-state index is 13.1. The normalized spacial score (nSPS) is 16.2. The van der Waals surface area contributed by atoms with Crippen LogP contribution in [0.5, 0.6) is 0 Å². The third-order valence-electron chi connectivity index (χ3n) is 7.16. The predicted octanol–water partition coefficient (Wildman–Crippen LogP) is 5.31. The van der Waals surface area contributed by atoms with Gasteiger partial charge in [0.15, 0.2) is 0 Å². The van der Waals surface area contributed by atoms with Crippen LogP contribution in [0.3, 0.4) is 0 Å². The molecule has 1 fully saturated rings. The van der Waals surface area contributed by atoms with Crippen molar-refractivity contribution in [3.05, 3.63) is 96.1 Å². The van der Waals surface area contributed by atoms with Crippen molar-refractivity contribution in [1.82, 2.24) is 4.90 Å². The molecule has 1 aliphatic heterocycles. The van der Waals surface area contributed by atoms with Gasteiger partial charge in [0.1, 0.15) is 6.61 Å². The number of rotatable bonds is 8. The van der Waals surface area contributed by atoms with Crippen molar-refractivity contribution in [2.45, 2.75) is 58.7 Å². The van der Waals surface area contributed by atoms with E-state index in [2.05, 4.69) is 69.3 Å². The van der Waals surface area contributed by atoms with Crippen molar-refractivity contribution in [2.75, 3.05) is 6.61 Å². The number of imide groups is 1. The Bertz CT molecular complexity index is 1180. The minimum absolute atomic E-state index is 0.120. The van der Waals surface area contributed by atoms with Crippen LogP contribution in [0.1, 0.15) is 45.7 Å². The van der Waals surface area contributed by atoms with Crippen molar-refractivity contribution >= 4 is 30.7 Å². The zero-order chi connectivity index (χ0) is 26.6. The summed E-state index contributed by atoms with van der Waals surface area (Å²) in [5, 5.41) is 2.34. The van der Waals surface area contributed by atoms with E-state index in [1.165, 1.54) is 15.3 Å². The number of amides is 2. The first-order valence-electron chi connectivity index (χ1n) is 12.9. The molecule has 0 aliphatic carbocycles. The highest BCUT2D eigenvalue weighted by Crippen LogP contribution is 2.37. The maximum atomic E-state index is 13.1. The minimum Gasteiger partial charge on any atom is -0.447 e. The van der Waals surface area contributed by atoms with E-state index in [0.717, 1.165) is 11.1 Å². The van der Waals surface area contributed by atoms with Crippen molar-refractivity contribution < 1.29 is 18.8 Å². The Morgan fingerprint density at radius 2 is 1.51 bits per heavy atom. The first-order valence-corrected chi connectivity index (χ1v) is 14.9. The van der Waals surface area contributed by atoms with Gasteiger partial charge in [0.2, 0.25) is 5.91 Å². The lowest BCUT2D eigenvalue weighted by molar-refractivity contribution is -0.129. The second kappa shape index (κ2) is 11.0. The van der Waals surface area contributed by atoms with Gasteiger partial charge < -0.3 is 9.16 Å². The fourth-order valence-corrected chi connectivity index (χ4v) is 9.79. The lowest BCUT2D eigenvalue weighted by Crippen LogP contribution is -2.66. The molecular weight excluding hydrogens is 478 g/mol. The van der Waals surface area contributed by atoms with Gasteiger partial charge in [-0.15, -0.1) is 0 Å². The number of nitrogens with zero attached hydrogens (tertiary/aromatic N) is 1. The summed E-state index contributed by atoms with van der Waals surface area (Å²) in [5.41, 5.74) is 1.86. The monoisotopic (exact) mass is 515 g/mol. The van der Waals surface area contributed by atoms with E-state index in [4.69, 9.17) is 9.16 Å². The third kappa shape index (κ3) is 5.55. The Morgan fingerprint density at radius 3 is 2.05 bits per heavy atom. The smallest absolute Gasteiger partial charge is 0.416 e. The Hall–Kier alpha value is -3.22. The molecule has 0 radical (unpaired) electrons. The van der Waals surface area contributed by atoms with Gasteiger partial charge in [0, 0.05) is 0 Å². The molecule has 3 aromatic rings. The van der Waals surface area contributed by atoms with E-state index in [1.54, 1.807) is 0 Å². The van der Waals surface area contributed by atoms with E-state index in [9.17, 15) is 9.59 Å². The SMILES string of the molecule is CC(C)[C@H]1COC(=O)N1C(=O)Cc1cccc(CO[Si](c2ccccc2)(c2ccccc2)C(C)(C)C)c1. The van der Waals surface area contributed by atoms with Crippen LogP contribution in [0.15, 0.2) is 84.9 Å². The zero-order valence-electron chi connectivity index (χ0n) is 22.4. The number of carbonyl (C=O) groups excluding carboxylic acids is 2. The number of carbonyl (C=O) groups is 2. The first kappa shape index (κ1) is 26.8. The van der Waals surface area contributed by atoms with Gasteiger partial charge in [-0.2, -0.15) is 0 Å². The van der Waals surface area contributed by atoms with Crippen molar-refractivity contribution in [3.8, 4) is 0 Å². The molecule has 4 rings (SSSR count). The van der Waals surface area contributed by atoms with E-state index in [-0.39, 0.29) is 35.9 Å². The van der Waals surface area contributed by atoms with Crippen molar-refractivity contribution in [1.29, 1.82) is 0 Å². The molecule has 0 N–H and O–H groups in total. The average Bonchev–Trinajstić information content (AvgIpc) is 3.27. The Kier molecular flexibility index (Phi) is 8.00. The van der Waals surface area contributed by atoms with Crippen LogP contribution in [0.2, 0.25) is 5.04 Å². The summed E-state index contributed by atoms with van der Waals surface area (Å²) >= 11 is 0. The molecule has 1 saturated heterocycles. The lowest BCUT2D eigenvalue weighted by Gasteiger charge is -2.43. The third-order valence-corrected chi connectivity index (χ3v) is 12.1. The highest BCUT2D eigenvalue weighted by molar-refractivity contribution is 6.99. The van der Waals surface area contributed by atoms with E-state index < -0.39 is 14.4 Å². The minimum atomic E-state index is -2.67. The van der Waals surface area contributed by atoms with Crippen LogP contribution in [0, 0.1) is 5.92 Å². The van der Waals surface area contributed by atoms with Crippen LogP contribution >= 0.6 is 0 Å². The molecule has 0 unspecified atom stereocenters. The second-order valence-corrected chi connectivity index (χ2v) is 15.4. The van der Waals surface area contributed by atoms with Crippen LogP contribution in [-0.4, -0.2) is 37.9 Å². The highest BCUT2D eigenvalue weighted by Gasteiger charge is 2.50. The first-order chi connectivity index (χ1) is 17.6. The molecule has 1 aliphatic rings. The van der Waals surface area contributed by atoms with Crippen LogP contribution in [-0.2, 0) is 27.0 Å². The predicted molar refractivity (Wildman–Crippen MR) is 149 cm³/mol. The van der Waals surface area contributed by atoms with Gasteiger partial charge in [-0.25, -0.2) is 9.69 Å². The van der Waals surface area contributed by atoms with Gasteiger partial charge in [-0.3, -0.25) is 4.79 Å². The summed E-state index contributed by atoms with van der Waals surface area (Å²) in [5.74, 6) is -0.0900. The Labute approximate surface area is 221 Å². The number of ether oxygens (including phenoxy) is 1. The van der Waals surface area contributed by atoms with E-state index in [1.807, 2.05) is 50.2 Å². The molecule has 5 nitrogen and oxygen atoms in total. The summed E-state index contributed by atoms with van der Waals surface area (Å²) in [6.07, 6.45) is -0.402. The summed E-state index contributed by atoms with van der Waals surface area (Å²) in [7, 11) is -2.67. The van der Waals surface area contributed by atoms with Gasteiger partial charge in [0.05, 0.1) is 19.1 Å². The van der Waals surface area contributed by atoms with Gasteiger partial charge >= 0.3 is 6.09 Å². The van der Waals surface area contributed by atoms with E-state index in [0.29, 0.717) is 6.61 Å². The molecular formula is C31H37NO4Si. The lowest BCUT2D eigenvalue weighted by atomic mass is 10.0. The number of benzene rings is 3. The van der Waals surface area contributed by atoms with E-state index >= 15 is 0 Å². The molecule has 0 aromatic heterocycles. The molecule has 3 aromatic carbocycles. The molecule has 194 valence electrons. The Morgan fingerprint density at radius 1 is 0.946 bits per heavy atom. The van der Waals surface area contributed by atoms with Crippen LogP contribution in [0.4, 0.5) is 4.79 Å². The largest absolute Gasteiger partial charge is 0.447 e. The number of cyclic esters (lactones) is 1. The standard InChI is InChI=1S/C31H37NO4Si/c1-23(2)28-22-35-30(34)32(28)29(33)20-24-13-12-14-25(19-24)21-36-37(31(3,4)5,26-15-8-6-9-16-26)27-17-10-7-11-18-27/h6-19,23,28H,20-22H2,1-5H3/t28-/m1/s1. The highest BCUT2D eigenvalue weighted by atomic mass is 28.4. The molecule has 1 heterocycles. The maximum Gasteiger partial charge on any atom is 0.416 e. The summed E-state index contributed by atoms with van der Waals surface area (Å²) in [4.78, 5) is 26.6. The van der Waals surface area contributed by atoms with Gasteiger partial charge in [0.25, 0.3) is 8.32 Å². The fourth-order valence-electron chi connectivity index (χ4n) is 5.26. The summed E-state index contributed by atoms with van der Waals surface area (Å²) in [6.45, 7) is 11.5. The molecule has 0 spiro atoms. The second-order valence-electron chi connectivity index (χ2n) is 11.1. The quantitative estimate of drug-likeness (QED) is 0.382. The number of hydrogen-bond donors (Lipinski definition) is 0. The van der Waals surface area contributed by atoms with Gasteiger partial charge in [-0.05, 0) is 32.5 Å². The Balaban J connectivity index is 1.60. The fraction of sp³-hybridized carbons (Fsp3) is 0.355. The summed E-state index contributed by atoms with van der Waals surface area (Å²) < 4.78 is 12.2.